The van der Waals surface area contributed by atoms with Gasteiger partial charge in [-0.05, 0) is 48.3 Å². The van der Waals surface area contributed by atoms with Crippen molar-refractivity contribution in [3.05, 3.63) is 50.9 Å². The number of carbonyl (C=O) groups is 2. The third-order valence-electron chi connectivity index (χ3n) is 5.02. The van der Waals surface area contributed by atoms with E-state index in [4.69, 9.17) is 5.73 Å². The average Bonchev–Trinajstić information content (AvgIpc) is 2.90. The third kappa shape index (κ3) is 3.39. The lowest BCUT2D eigenvalue weighted by molar-refractivity contribution is 0.0696. The van der Waals surface area contributed by atoms with Gasteiger partial charge >= 0.3 is 5.97 Å². The van der Waals surface area contributed by atoms with Crippen LogP contribution < -0.4 is 11.1 Å². The number of benzene rings is 1. The first kappa shape index (κ1) is 18.6. The highest BCUT2D eigenvalue weighted by molar-refractivity contribution is 7.17. The van der Waals surface area contributed by atoms with E-state index in [2.05, 4.69) is 19.2 Å². The fourth-order valence-corrected chi connectivity index (χ4v) is 4.83. The Kier molecular flexibility index (Phi) is 4.90. The molecule has 0 atom stereocenters. The van der Waals surface area contributed by atoms with Crippen molar-refractivity contribution < 1.29 is 14.7 Å². The Morgan fingerprint density at radius 2 is 2.04 bits per heavy atom. The summed E-state index contributed by atoms with van der Waals surface area (Å²) in [5.74, 6) is -1.29. The molecule has 0 aliphatic heterocycles. The van der Waals surface area contributed by atoms with E-state index in [1.165, 1.54) is 11.3 Å². The molecule has 0 saturated carbocycles. The van der Waals surface area contributed by atoms with Gasteiger partial charge in [0, 0.05) is 17.0 Å². The van der Waals surface area contributed by atoms with Crippen LogP contribution in [0.1, 0.15) is 62.6 Å². The molecule has 5 nitrogen and oxygen atoms in total. The molecule has 0 spiro atoms. The van der Waals surface area contributed by atoms with Crippen molar-refractivity contribution in [2.45, 2.75) is 46.6 Å². The molecule has 0 unspecified atom stereocenters. The second-order valence-corrected chi connectivity index (χ2v) is 8.73. The molecule has 3 rings (SSSR count). The first-order chi connectivity index (χ1) is 12.2. The minimum absolute atomic E-state index is 0.0717. The zero-order valence-electron chi connectivity index (χ0n) is 15.3. The van der Waals surface area contributed by atoms with Crippen molar-refractivity contribution in [2.24, 2.45) is 11.1 Å². The molecule has 0 radical (unpaired) electrons. The van der Waals surface area contributed by atoms with Gasteiger partial charge in [0.25, 0.3) is 5.91 Å². The summed E-state index contributed by atoms with van der Waals surface area (Å²) in [6, 6.07) is 5.54. The Morgan fingerprint density at radius 1 is 1.31 bits per heavy atom. The molecule has 1 aliphatic carbocycles. The highest BCUT2D eigenvalue weighted by Gasteiger charge is 2.33. The molecule has 0 fully saturated rings. The van der Waals surface area contributed by atoms with Crippen LogP contribution in [0.3, 0.4) is 0 Å². The lowest BCUT2D eigenvalue weighted by Crippen LogP contribution is -2.23. The van der Waals surface area contributed by atoms with E-state index in [9.17, 15) is 14.7 Å². The van der Waals surface area contributed by atoms with Crippen LogP contribution in [0.15, 0.2) is 18.2 Å². The van der Waals surface area contributed by atoms with Crippen LogP contribution in [0.2, 0.25) is 0 Å². The molecule has 1 amide bonds. The molecule has 1 heterocycles. The van der Waals surface area contributed by atoms with Crippen molar-refractivity contribution in [3.8, 4) is 0 Å². The predicted octanol–water partition coefficient (Wildman–Crippen LogP) is 3.98. The highest BCUT2D eigenvalue weighted by atomic mass is 32.1. The van der Waals surface area contributed by atoms with Gasteiger partial charge in [-0.1, -0.05) is 32.0 Å². The van der Waals surface area contributed by atoms with Crippen molar-refractivity contribution in [3.63, 3.8) is 0 Å². The summed E-state index contributed by atoms with van der Waals surface area (Å²) in [5.41, 5.74) is 9.06. The van der Waals surface area contributed by atoms with Crippen LogP contribution in [0.25, 0.3) is 0 Å². The molecule has 6 heteroatoms. The van der Waals surface area contributed by atoms with E-state index in [0.29, 0.717) is 10.6 Å². The van der Waals surface area contributed by atoms with E-state index in [1.807, 2.05) is 25.1 Å². The number of nitrogens with two attached hydrogens (primary N) is 1. The molecule has 0 saturated heterocycles. The molecule has 4 N–H and O–H groups in total. The van der Waals surface area contributed by atoms with Gasteiger partial charge in [0.2, 0.25) is 0 Å². The van der Waals surface area contributed by atoms with Crippen LogP contribution in [0.5, 0.6) is 0 Å². The highest BCUT2D eigenvalue weighted by Crippen LogP contribution is 2.44. The molecule has 1 aromatic carbocycles. The number of amides is 1. The smallest absolute Gasteiger partial charge is 0.339 e. The number of hydrogen-bond donors (Lipinski definition) is 3. The summed E-state index contributed by atoms with van der Waals surface area (Å²) in [4.78, 5) is 25.9. The Hall–Kier alpha value is -2.18. The van der Waals surface area contributed by atoms with Gasteiger partial charge in [-0.25, -0.2) is 4.79 Å². The Labute approximate surface area is 157 Å². The summed E-state index contributed by atoms with van der Waals surface area (Å²) < 4.78 is 0. The van der Waals surface area contributed by atoms with Gasteiger partial charge in [0.1, 0.15) is 5.00 Å². The number of aromatic carboxylic acids is 1. The molecule has 138 valence electrons. The largest absolute Gasteiger partial charge is 0.478 e. The lowest BCUT2D eigenvalue weighted by atomic mass is 9.76. The number of rotatable bonds is 4. The molecule has 1 aliphatic rings. The zero-order chi connectivity index (χ0) is 19.1. The third-order valence-corrected chi connectivity index (χ3v) is 6.23. The number of nitrogens with one attached hydrogen (secondary N) is 1. The predicted molar refractivity (Wildman–Crippen MR) is 104 cm³/mol. The molecular formula is C20H24N2O3S. The molecule has 2 aromatic rings. The van der Waals surface area contributed by atoms with E-state index < -0.39 is 5.97 Å². The maximum Gasteiger partial charge on any atom is 0.339 e. The standard InChI is InChI=1S/C20H24N2O3S/c1-11-5-4-6-12(10-21)15(11)17(23)22-18-16(19(24)25)13-9-20(2,3)8-7-14(13)26-18/h4-6H,7-10,21H2,1-3H3,(H,22,23)(H,24,25). The van der Waals surface area contributed by atoms with Crippen molar-refractivity contribution in [1.29, 1.82) is 0 Å². The van der Waals surface area contributed by atoms with Gasteiger partial charge in [-0.2, -0.15) is 0 Å². The van der Waals surface area contributed by atoms with E-state index in [-0.39, 0.29) is 23.4 Å². The van der Waals surface area contributed by atoms with Crippen LogP contribution >= 0.6 is 11.3 Å². The molecule has 26 heavy (non-hydrogen) atoms. The SMILES string of the molecule is Cc1cccc(CN)c1C(=O)Nc1sc2c(c1C(=O)O)CC(C)(C)CC2. The number of hydrogen-bond acceptors (Lipinski definition) is 4. The summed E-state index contributed by atoms with van der Waals surface area (Å²) >= 11 is 1.39. The van der Waals surface area contributed by atoms with Gasteiger partial charge in [0.15, 0.2) is 0 Å². The number of carboxylic acids is 1. The number of anilines is 1. The normalized spacial score (nSPS) is 15.4. The lowest BCUT2D eigenvalue weighted by Gasteiger charge is -2.29. The molecular weight excluding hydrogens is 348 g/mol. The Bertz CT molecular complexity index is 883. The maximum atomic E-state index is 12.9. The van der Waals surface area contributed by atoms with Crippen molar-refractivity contribution >= 4 is 28.2 Å². The fraction of sp³-hybridized carbons (Fsp3) is 0.400. The van der Waals surface area contributed by atoms with E-state index in [1.54, 1.807) is 0 Å². The molecule has 1 aromatic heterocycles. The second kappa shape index (κ2) is 6.85. The van der Waals surface area contributed by atoms with Gasteiger partial charge in [0.05, 0.1) is 5.56 Å². The average molecular weight is 372 g/mol. The maximum absolute atomic E-state index is 12.9. The van der Waals surface area contributed by atoms with E-state index in [0.717, 1.165) is 40.8 Å². The number of thiophene rings is 1. The fourth-order valence-electron chi connectivity index (χ4n) is 3.62. The van der Waals surface area contributed by atoms with Gasteiger partial charge < -0.3 is 16.2 Å². The zero-order valence-corrected chi connectivity index (χ0v) is 16.1. The van der Waals surface area contributed by atoms with Crippen LogP contribution in [-0.2, 0) is 19.4 Å². The number of carbonyl (C=O) groups excluding carboxylic acids is 1. The van der Waals surface area contributed by atoms with E-state index >= 15 is 0 Å². The summed E-state index contributed by atoms with van der Waals surface area (Å²) in [7, 11) is 0. The second-order valence-electron chi connectivity index (χ2n) is 7.62. The van der Waals surface area contributed by atoms with Crippen LogP contribution in [-0.4, -0.2) is 17.0 Å². The summed E-state index contributed by atoms with van der Waals surface area (Å²) in [6.45, 7) is 6.41. The van der Waals surface area contributed by atoms with Crippen molar-refractivity contribution in [2.75, 3.05) is 5.32 Å². The first-order valence-corrected chi connectivity index (χ1v) is 9.53. The van der Waals surface area contributed by atoms with Gasteiger partial charge in [-0.15, -0.1) is 11.3 Å². The number of carboxylic acid groups (broad SMARTS) is 1. The monoisotopic (exact) mass is 372 g/mol. The van der Waals surface area contributed by atoms with Gasteiger partial charge in [-0.3, -0.25) is 4.79 Å². The Morgan fingerprint density at radius 3 is 2.69 bits per heavy atom. The van der Waals surface area contributed by atoms with Crippen molar-refractivity contribution in [1.82, 2.24) is 0 Å². The topological polar surface area (TPSA) is 92.4 Å². The minimum Gasteiger partial charge on any atom is -0.478 e. The Balaban J connectivity index is 2.00. The summed E-state index contributed by atoms with van der Waals surface area (Å²) in [6.07, 6.45) is 2.58. The summed E-state index contributed by atoms with van der Waals surface area (Å²) in [5, 5.41) is 13.0. The quantitative estimate of drug-likeness (QED) is 0.757. The first-order valence-electron chi connectivity index (χ1n) is 8.71. The minimum atomic E-state index is -0.987. The number of aryl methyl sites for hydroxylation is 2. The van der Waals surface area contributed by atoms with Crippen LogP contribution in [0, 0.1) is 12.3 Å². The molecule has 0 bridgehead atoms. The number of fused-ring (bicyclic) bond motifs is 1. The van der Waals surface area contributed by atoms with Crippen LogP contribution in [0.4, 0.5) is 5.00 Å².